The van der Waals surface area contributed by atoms with E-state index in [9.17, 15) is 15.1 Å². The molecule has 0 aliphatic carbocycles. The predicted octanol–water partition coefficient (Wildman–Crippen LogP) is 13.9. The summed E-state index contributed by atoms with van der Waals surface area (Å²) in [7, 11) is 0. The Labute approximate surface area is 321 Å². The number of hydrogen-bond donors (Lipinski definition) is 0. The van der Waals surface area contributed by atoms with Gasteiger partial charge in [-0.15, -0.1) is 11.3 Å². The molecule has 0 atom stereocenters. The van der Waals surface area contributed by atoms with Gasteiger partial charge in [-0.25, -0.2) is 0 Å². The van der Waals surface area contributed by atoms with Gasteiger partial charge in [0.2, 0.25) is 0 Å². The number of benzene rings is 8. The lowest BCUT2D eigenvalue weighted by Gasteiger charge is -2.26. The highest BCUT2D eigenvalue weighted by molar-refractivity contribution is 7.25. The first-order valence-electron chi connectivity index (χ1n) is 26.6. The van der Waals surface area contributed by atoms with Crippen LogP contribution in [0.2, 0.25) is 0 Å². The van der Waals surface area contributed by atoms with E-state index in [0.29, 0.717) is 16.2 Å². The number of rotatable bonds is 5. The standard InChI is InChI=1S/C46H29NOS/c1-2-9-30(10-3-1)31-17-23-35(24-18-31)47(41-14-8-15-42-45(41)40-28-21-33-11-4-5-12-37(33)46(40)48-42)36-25-19-32(20-26-36)34-22-27-39-38-13-6-7-16-43(38)49-44(39)29-34/h1-29H/i4D,5D,6D,7D,8D,11D,12D,13D,14D,15D,16D,17D,18D,19D,20D,21D,22D,23D,24D,25D,26D,27D,28D,29D. The summed E-state index contributed by atoms with van der Waals surface area (Å²) < 4.78 is 223. The molecule has 8 aromatic carbocycles. The third-order valence-electron chi connectivity index (χ3n) is 7.82. The Kier molecular flexibility index (Phi) is 2.99. The van der Waals surface area contributed by atoms with E-state index < -0.39 is 206 Å². The van der Waals surface area contributed by atoms with Crippen LogP contribution in [0.25, 0.3) is 75.1 Å². The maximum Gasteiger partial charge on any atom is 0.143 e. The van der Waals surface area contributed by atoms with Gasteiger partial charge in [-0.2, -0.15) is 0 Å². The highest BCUT2D eigenvalue weighted by Gasteiger charge is 2.20. The Bertz CT molecular complexity index is 4150. The largest absolute Gasteiger partial charge is 0.455 e. The summed E-state index contributed by atoms with van der Waals surface area (Å²) in [5.41, 5.74) is -5.15. The second-order valence-electron chi connectivity index (χ2n) is 10.6. The molecule has 0 spiro atoms. The van der Waals surface area contributed by atoms with Gasteiger partial charge in [-0.05, 0) is 82.0 Å². The summed E-state index contributed by atoms with van der Waals surface area (Å²) in [4.78, 5) is 0.613. The maximum absolute atomic E-state index is 9.68. The van der Waals surface area contributed by atoms with E-state index in [4.69, 9.17) is 22.2 Å². The van der Waals surface area contributed by atoms with Crippen LogP contribution >= 0.6 is 11.3 Å². The molecule has 49 heavy (non-hydrogen) atoms. The molecule has 2 aromatic heterocycles. The predicted molar refractivity (Wildman–Crippen MR) is 210 cm³/mol. The summed E-state index contributed by atoms with van der Waals surface area (Å²) in [5, 5.41) is -2.33. The van der Waals surface area contributed by atoms with Crippen LogP contribution in [-0.2, 0) is 0 Å². The molecule has 3 heteroatoms. The first-order valence-corrected chi connectivity index (χ1v) is 15.5. The van der Waals surface area contributed by atoms with Gasteiger partial charge in [0.25, 0.3) is 0 Å². The zero-order valence-electron chi connectivity index (χ0n) is 48.7. The summed E-state index contributed by atoms with van der Waals surface area (Å²) >= 11 is 0.688. The van der Waals surface area contributed by atoms with Crippen LogP contribution in [0.4, 0.5) is 17.1 Å². The number of anilines is 3. The van der Waals surface area contributed by atoms with Crippen LogP contribution < -0.4 is 4.90 Å². The number of hydrogen-bond acceptors (Lipinski definition) is 3. The molecule has 10 rings (SSSR count). The van der Waals surface area contributed by atoms with Crippen molar-refractivity contribution in [3.05, 3.63) is 175 Å². The first-order chi connectivity index (χ1) is 34.3. The number of fused-ring (bicyclic) bond motifs is 8. The molecule has 0 unspecified atom stereocenters. The van der Waals surface area contributed by atoms with Gasteiger partial charge in [-0.3, -0.25) is 0 Å². The van der Waals surface area contributed by atoms with E-state index >= 15 is 0 Å². The second kappa shape index (κ2) is 11.2. The molecule has 0 saturated carbocycles. The minimum atomic E-state index is -1.09. The average molecular weight is 668 g/mol. The van der Waals surface area contributed by atoms with Gasteiger partial charge in [0.1, 0.15) is 11.2 Å². The molecule has 230 valence electrons. The third kappa shape index (κ3) is 4.62. The van der Waals surface area contributed by atoms with Gasteiger partial charge < -0.3 is 9.32 Å². The zero-order valence-corrected chi connectivity index (χ0v) is 25.5. The fourth-order valence-electron chi connectivity index (χ4n) is 5.59. The number of nitrogens with zero attached hydrogens (tertiary/aromatic N) is 1. The van der Waals surface area contributed by atoms with Gasteiger partial charge in [0.15, 0.2) is 0 Å². The van der Waals surface area contributed by atoms with Crippen molar-refractivity contribution in [2.75, 3.05) is 4.90 Å². The summed E-state index contributed by atoms with van der Waals surface area (Å²) in [6, 6.07) is -11.4. The molecule has 2 nitrogen and oxygen atoms in total. The van der Waals surface area contributed by atoms with Crippen LogP contribution in [0, 0.1) is 0 Å². The monoisotopic (exact) mass is 667 g/mol. The molecule has 0 amide bonds. The Morgan fingerprint density at radius 3 is 1.94 bits per heavy atom. The molecular weight excluding hydrogens is 615 g/mol. The minimum Gasteiger partial charge on any atom is -0.455 e. The zero-order chi connectivity index (χ0) is 53.2. The van der Waals surface area contributed by atoms with Crippen LogP contribution in [0.3, 0.4) is 0 Å². The molecule has 0 aliphatic heterocycles. The van der Waals surface area contributed by atoms with Crippen molar-refractivity contribution in [3.8, 4) is 22.3 Å². The normalized spacial score (nSPS) is 18.5. The van der Waals surface area contributed by atoms with E-state index in [-0.39, 0.29) is 31.3 Å². The Morgan fingerprint density at radius 1 is 0.490 bits per heavy atom. The first kappa shape index (κ1) is 13.0. The average Bonchev–Trinajstić information content (AvgIpc) is 3.97. The topological polar surface area (TPSA) is 16.4 Å². The molecule has 0 saturated heterocycles. The van der Waals surface area contributed by atoms with E-state index in [1.165, 1.54) is 12.1 Å². The highest BCUT2D eigenvalue weighted by atomic mass is 32.1. The van der Waals surface area contributed by atoms with E-state index in [1.807, 2.05) is 0 Å². The summed E-state index contributed by atoms with van der Waals surface area (Å²) in [5.74, 6) is 0. The fourth-order valence-corrected chi connectivity index (χ4v) is 6.56. The van der Waals surface area contributed by atoms with Crippen LogP contribution in [0.15, 0.2) is 180 Å². The van der Waals surface area contributed by atoms with E-state index in [2.05, 4.69) is 0 Å². The molecule has 0 fully saturated rings. The molecule has 10 aromatic rings. The molecule has 0 bridgehead atoms. The Hall–Kier alpha value is -6.16. The Morgan fingerprint density at radius 2 is 1.14 bits per heavy atom. The maximum atomic E-state index is 9.68. The van der Waals surface area contributed by atoms with Crippen molar-refractivity contribution in [1.82, 2.24) is 0 Å². The lowest BCUT2D eigenvalue weighted by molar-refractivity contribution is 0.672. The number of furan rings is 1. The third-order valence-corrected chi connectivity index (χ3v) is 8.84. The number of thiophene rings is 1. The van der Waals surface area contributed by atoms with Crippen molar-refractivity contribution < 1.29 is 37.3 Å². The van der Waals surface area contributed by atoms with Crippen molar-refractivity contribution in [1.29, 1.82) is 0 Å². The Balaban J connectivity index is 1.39. The van der Waals surface area contributed by atoms with Crippen molar-refractivity contribution >= 4 is 81.3 Å². The summed E-state index contributed by atoms with van der Waals surface area (Å²) in [6.07, 6.45) is 0. The van der Waals surface area contributed by atoms with Crippen molar-refractivity contribution in [2.24, 2.45) is 0 Å². The molecule has 0 N–H and O–H groups in total. The van der Waals surface area contributed by atoms with Crippen molar-refractivity contribution in [2.45, 2.75) is 0 Å². The summed E-state index contributed by atoms with van der Waals surface area (Å²) in [6.45, 7) is 0. The van der Waals surface area contributed by atoms with Crippen LogP contribution in [0.1, 0.15) is 32.9 Å². The lowest BCUT2D eigenvalue weighted by atomic mass is 10.0. The van der Waals surface area contributed by atoms with Crippen molar-refractivity contribution in [3.63, 3.8) is 0 Å². The molecule has 0 aliphatic rings. The highest BCUT2D eigenvalue weighted by Crippen LogP contribution is 2.45. The van der Waals surface area contributed by atoms with Gasteiger partial charge in [-0.1, -0.05) is 121 Å². The second-order valence-corrected chi connectivity index (χ2v) is 11.7. The van der Waals surface area contributed by atoms with E-state index in [0.717, 1.165) is 0 Å². The molecule has 0 radical (unpaired) electrons. The fraction of sp³-hybridized carbons (Fsp3) is 0. The minimum absolute atomic E-state index is 0.0539. The van der Waals surface area contributed by atoms with Crippen LogP contribution in [0.5, 0.6) is 0 Å². The van der Waals surface area contributed by atoms with E-state index in [1.54, 1.807) is 18.2 Å². The quantitative estimate of drug-likeness (QED) is 0.182. The smallest absolute Gasteiger partial charge is 0.143 e. The van der Waals surface area contributed by atoms with Crippen LogP contribution in [-0.4, -0.2) is 0 Å². The van der Waals surface area contributed by atoms with Gasteiger partial charge in [0.05, 0.1) is 44.0 Å². The molecule has 2 heterocycles. The lowest BCUT2D eigenvalue weighted by Crippen LogP contribution is -2.10. The van der Waals surface area contributed by atoms with Gasteiger partial charge in [0, 0.05) is 42.3 Å². The molecular formula is C46H29NOS. The SMILES string of the molecule is [2H]c1c([2H])c(N(c2c([2H])c([2H])c(-c3c([2H])c([2H])c4c(sc5c([2H])c([2H])c([2H])c([2H])c54)c3[2H])c([2H])c2[2H])c2c([2H])c([2H])c([2H])c3oc4c5c([2H])c([2H])c([2H])c([2H])c5c([2H])c([2H])c4c23)c([2H])c([2H])c1-c1ccccc1. The van der Waals surface area contributed by atoms with Gasteiger partial charge >= 0.3 is 0 Å².